The highest BCUT2D eigenvalue weighted by atomic mass is 16.3. The van der Waals surface area contributed by atoms with Crippen LogP contribution in [0.25, 0.3) is 11.1 Å². The maximum atomic E-state index is 12.0. The molecule has 0 saturated heterocycles. The zero-order valence-corrected chi connectivity index (χ0v) is 11.5. The molecule has 0 atom stereocenters. The predicted octanol–water partition coefficient (Wildman–Crippen LogP) is 2.39. The van der Waals surface area contributed by atoms with Crippen molar-refractivity contribution >= 4 is 0 Å². The van der Waals surface area contributed by atoms with E-state index in [1.165, 1.54) is 6.07 Å². The molecule has 0 unspecified atom stereocenters. The minimum absolute atomic E-state index is 0.235. The van der Waals surface area contributed by atoms with Gasteiger partial charge in [0.2, 0.25) is 0 Å². The molecule has 0 aliphatic heterocycles. The number of benzene rings is 1. The van der Waals surface area contributed by atoms with Crippen molar-refractivity contribution < 1.29 is 10.2 Å². The van der Waals surface area contributed by atoms with Crippen LogP contribution in [0, 0.1) is 6.92 Å². The summed E-state index contributed by atoms with van der Waals surface area (Å²) in [5, 5.41) is 25.1. The van der Waals surface area contributed by atoms with Crippen molar-refractivity contribution in [2.75, 3.05) is 0 Å². The van der Waals surface area contributed by atoms with Gasteiger partial charge < -0.3 is 15.3 Å². The van der Waals surface area contributed by atoms with Crippen molar-refractivity contribution in [3.8, 4) is 22.6 Å². The van der Waals surface area contributed by atoms with Gasteiger partial charge in [-0.15, -0.1) is 0 Å². The Bertz CT molecular complexity index is 675. The lowest BCUT2D eigenvalue weighted by Crippen LogP contribution is -2.15. The van der Waals surface area contributed by atoms with Gasteiger partial charge in [0, 0.05) is 11.0 Å². The fraction of sp³-hybridized carbons (Fsp3) is 0.357. The molecule has 4 N–H and O–H groups in total. The molecule has 2 rings (SSSR count). The summed E-state index contributed by atoms with van der Waals surface area (Å²) in [7, 11) is 0. The van der Waals surface area contributed by atoms with Crippen LogP contribution < -0.4 is 5.56 Å². The summed E-state index contributed by atoms with van der Waals surface area (Å²) >= 11 is 0. The third-order valence-corrected chi connectivity index (χ3v) is 3.14. The van der Waals surface area contributed by atoms with E-state index in [-0.39, 0.29) is 22.5 Å². The van der Waals surface area contributed by atoms with E-state index >= 15 is 0 Å². The number of aromatic nitrogens is 2. The quantitative estimate of drug-likeness (QED) is 0.595. The summed E-state index contributed by atoms with van der Waals surface area (Å²) in [6.07, 6.45) is 0. The number of rotatable bonds is 1. The second-order valence-corrected chi connectivity index (χ2v) is 5.70. The van der Waals surface area contributed by atoms with E-state index in [1.54, 1.807) is 13.0 Å². The minimum atomic E-state index is -0.311. The van der Waals surface area contributed by atoms with E-state index in [1.807, 2.05) is 20.8 Å². The lowest BCUT2D eigenvalue weighted by molar-refractivity contribution is 0.404. The Morgan fingerprint density at radius 2 is 1.68 bits per heavy atom. The highest BCUT2D eigenvalue weighted by Gasteiger charge is 2.26. The summed E-state index contributed by atoms with van der Waals surface area (Å²) in [6, 6.07) is 3.08. The smallest absolute Gasteiger partial charge is 0.272 e. The molecule has 0 saturated carbocycles. The zero-order chi connectivity index (χ0) is 14.4. The lowest BCUT2D eigenvalue weighted by Gasteiger charge is -2.19. The predicted molar refractivity (Wildman–Crippen MR) is 73.6 cm³/mol. The molecule has 0 fully saturated rings. The molecule has 0 amide bonds. The second kappa shape index (κ2) is 4.19. The number of aryl methyl sites for hydroxylation is 1. The minimum Gasteiger partial charge on any atom is -0.504 e. The van der Waals surface area contributed by atoms with Crippen molar-refractivity contribution in [3.05, 3.63) is 33.7 Å². The number of hydrogen-bond donors (Lipinski definition) is 4. The Morgan fingerprint density at radius 3 is 2.26 bits per heavy atom. The molecule has 1 aromatic carbocycles. The molecule has 0 aliphatic carbocycles. The molecule has 0 spiro atoms. The molecule has 5 heteroatoms. The number of aromatic amines is 2. The molecule has 2 aromatic rings. The molecular weight excluding hydrogens is 244 g/mol. The average molecular weight is 262 g/mol. The van der Waals surface area contributed by atoms with E-state index in [0.717, 1.165) is 5.56 Å². The van der Waals surface area contributed by atoms with Gasteiger partial charge in [0.05, 0.1) is 11.3 Å². The van der Waals surface area contributed by atoms with E-state index < -0.39 is 0 Å². The maximum absolute atomic E-state index is 12.0. The van der Waals surface area contributed by atoms with Gasteiger partial charge in [-0.1, -0.05) is 26.8 Å². The van der Waals surface area contributed by atoms with Gasteiger partial charge in [0.25, 0.3) is 5.56 Å². The highest BCUT2D eigenvalue weighted by molar-refractivity contribution is 5.78. The number of phenolic OH excluding ortho intramolecular Hbond substituents is 2. The van der Waals surface area contributed by atoms with Crippen molar-refractivity contribution in [2.45, 2.75) is 33.1 Å². The fourth-order valence-corrected chi connectivity index (χ4v) is 2.16. The van der Waals surface area contributed by atoms with Crippen LogP contribution in [0.3, 0.4) is 0 Å². The Morgan fingerprint density at radius 1 is 1.05 bits per heavy atom. The summed E-state index contributed by atoms with van der Waals surface area (Å²) in [5.74, 6) is -0.503. The molecule has 0 bridgehead atoms. The summed E-state index contributed by atoms with van der Waals surface area (Å²) in [4.78, 5) is 12.0. The highest BCUT2D eigenvalue weighted by Crippen LogP contribution is 2.40. The van der Waals surface area contributed by atoms with Gasteiger partial charge in [0.1, 0.15) is 0 Å². The van der Waals surface area contributed by atoms with Gasteiger partial charge >= 0.3 is 0 Å². The van der Waals surface area contributed by atoms with Gasteiger partial charge in [-0.3, -0.25) is 9.89 Å². The zero-order valence-electron chi connectivity index (χ0n) is 11.5. The Balaban J connectivity index is 2.84. The van der Waals surface area contributed by atoms with Crippen LogP contribution >= 0.6 is 0 Å². The van der Waals surface area contributed by atoms with Crippen LogP contribution in [0.1, 0.15) is 32.0 Å². The van der Waals surface area contributed by atoms with Gasteiger partial charge in [-0.2, -0.15) is 0 Å². The van der Waals surface area contributed by atoms with Gasteiger partial charge in [-0.25, -0.2) is 0 Å². The first-order valence-electron chi connectivity index (χ1n) is 6.06. The van der Waals surface area contributed by atoms with Crippen molar-refractivity contribution in [2.24, 2.45) is 0 Å². The van der Waals surface area contributed by atoms with Crippen LogP contribution in [-0.2, 0) is 5.41 Å². The van der Waals surface area contributed by atoms with Crippen molar-refractivity contribution in [3.63, 3.8) is 0 Å². The second-order valence-electron chi connectivity index (χ2n) is 5.70. The number of H-pyrrole nitrogens is 2. The first kappa shape index (κ1) is 13.3. The van der Waals surface area contributed by atoms with E-state index in [0.29, 0.717) is 16.8 Å². The monoisotopic (exact) mass is 262 g/mol. The van der Waals surface area contributed by atoms with Crippen LogP contribution in [0.4, 0.5) is 0 Å². The first-order valence-corrected chi connectivity index (χ1v) is 6.06. The third kappa shape index (κ3) is 2.12. The summed E-state index contributed by atoms with van der Waals surface area (Å²) in [5.41, 5.74) is 1.56. The molecule has 1 aromatic heterocycles. The molecule has 19 heavy (non-hydrogen) atoms. The standard InChI is InChI=1S/C14H18N2O3/c1-7-5-6-8(17)11(18)9(7)10-12(14(2,3)4)15-16-13(10)19/h5-6,17-18H,1-4H3,(H2,15,16,19). The lowest BCUT2D eigenvalue weighted by atomic mass is 9.86. The fourth-order valence-electron chi connectivity index (χ4n) is 2.16. The van der Waals surface area contributed by atoms with Crippen LogP contribution in [0.2, 0.25) is 0 Å². The van der Waals surface area contributed by atoms with Crippen LogP contribution in [-0.4, -0.2) is 20.4 Å². The van der Waals surface area contributed by atoms with E-state index in [2.05, 4.69) is 10.2 Å². The van der Waals surface area contributed by atoms with E-state index in [4.69, 9.17) is 0 Å². The number of phenols is 2. The van der Waals surface area contributed by atoms with Crippen LogP contribution in [0.5, 0.6) is 11.5 Å². The summed E-state index contributed by atoms with van der Waals surface area (Å²) < 4.78 is 0. The average Bonchev–Trinajstić information content (AvgIpc) is 2.67. The number of aromatic hydroxyl groups is 2. The van der Waals surface area contributed by atoms with Gasteiger partial charge in [0.15, 0.2) is 11.5 Å². The van der Waals surface area contributed by atoms with Crippen molar-refractivity contribution in [1.29, 1.82) is 0 Å². The van der Waals surface area contributed by atoms with Crippen molar-refractivity contribution in [1.82, 2.24) is 10.2 Å². The number of nitrogens with one attached hydrogen (secondary N) is 2. The molecule has 102 valence electrons. The van der Waals surface area contributed by atoms with E-state index in [9.17, 15) is 15.0 Å². The van der Waals surface area contributed by atoms with Gasteiger partial charge in [-0.05, 0) is 18.6 Å². The molecule has 0 radical (unpaired) electrons. The topological polar surface area (TPSA) is 89.1 Å². The molecule has 0 aliphatic rings. The largest absolute Gasteiger partial charge is 0.504 e. The summed E-state index contributed by atoms with van der Waals surface area (Å²) in [6.45, 7) is 7.67. The Labute approximate surface area is 110 Å². The Kier molecular flexibility index (Phi) is 2.92. The number of hydrogen-bond acceptors (Lipinski definition) is 3. The molecular formula is C14H18N2O3. The molecule has 1 heterocycles. The third-order valence-electron chi connectivity index (χ3n) is 3.14. The first-order chi connectivity index (χ1) is 8.73. The Hall–Kier alpha value is -2.17. The SMILES string of the molecule is Cc1ccc(O)c(O)c1-c1c(C(C)(C)C)[nH][nH]c1=O. The normalized spacial score (nSPS) is 11.8. The maximum Gasteiger partial charge on any atom is 0.272 e. The molecule has 5 nitrogen and oxygen atoms in total. The van der Waals surface area contributed by atoms with Crippen LogP contribution in [0.15, 0.2) is 16.9 Å².